The summed E-state index contributed by atoms with van der Waals surface area (Å²) in [5, 5.41) is 10.5. The van der Waals surface area contributed by atoms with E-state index in [1.807, 2.05) is 0 Å². The van der Waals surface area contributed by atoms with Crippen LogP contribution in [0.4, 0.5) is 19.2 Å². The van der Waals surface area contributed by atoms with E-state index in [-0.39, 0.29) is 0 Å². The molecule has 0 bridgehead atoms. The number of aromatic nitrogens is 4. The largest absolute Gasteiger partial charge is 0.435 e. The molecular formula is C16H14F3N5O. The van der Waals surface area contributed by atoms with Gasteiger partial charge >= 0.3 is 12.2 Å². The van der Waals surface area contributed by atoms with Crippen LogP contribution in [0, 0.1) is 0 Å². The van der Waals surface area contributed by atoms with Crippen LogP contribution in [0.25, 0.3) is 5.69 Å². The van der Waals surface area contributed by atoms with E-state index < -0.39 is 11.9 Å². The van der Waals surface area contributed by atoms with Gasteiger partial charge in [0.2, 0.25) is 0 Å². The number of rotatable bonds is 5. The molecule has 130 valence electrons. The van der Waals surface area contributed by atoms with Crippen molar-refractivity contribution >= 4 is 6.01 Å². The molecule has 4 rings (SSSR count). The SMILES string of the molecule is FC(F)(F)c1ccn(-c2ccc(CNc3nc(C4CC4)no3)cc2)n1. The smallest absolute Gasteiger partial charge is 0.334 e. The van der Waals surface area contributed by atoms with Crippen molar-refractivity contribution in [2.45, 2.75) is 31.5 Å². The molecule has 1 fully saturated rings. The lowest BCUT2D eigenvalue weighted by Gasteiger charge is -2.05. The Morgan fingerprint density at radius 3 is 2.56 bits per heavy atom. The molecule has 9 heteroatoms. The zero-order chi connectivity index (χ0) is 17.4. The van der Waals surface area contributed by atoms with Gasteiger partial charge in [-0.05, 0) is 36.6 Å². The zero-order valence-corrected chi connectivity index (χ0v) is 13.0. The van der Waals surface area contributed by atoms with Gasteiger partial charge in [-0.1, -0.05) is 17.3 Å². The van der Waals surface area contributed by atoms with Crippen LogP contribution in [0.1, 0.15) is 35.8 Å². The summed E-state index contributed by atoms with van der Waals surface area (Å²) in [7, 11) is 0. The molecule has 0 amide bonds. The number of nitrogens with one attached hydrogen (secondary N) is 1. The quantitative estimate of drug-likeness (QED) is 0.759. The standard InChI is InChI=1S/C16H14F3N5O/c17-16(18,19)13-7-8-24(22-13)12-5-1-10(2-6-12)9-20-15-21-14(23-25-15)11-3-4-11/h1-2,5-8,11H,3-4,9H2,(H,20,21,23). The van der Waals surface area contributed by atoms with Gasteiger partial charge in [0.1, 0.15) is 0 Å². The van der Waals surface area contributed by atoms with E-state index in [2.05, 4.69) is 20.6 Å². The van der Waals surface area contributed by atoms with Crippen molar-refractivity contribution in [2.24, 2.45) is 0 Å². The highest BCUT2D eigenvalue weighted by Gasteiger charge is 2.33. The Bertz CT molecular complexity index is 865. The molecule has 25 heavy (non-hydrogen) atoms. The fourth-order valence-corrected chi connectivity index (χ4v) is 2.38. The Kier molecular flexibility index (Phi) is 3.70. The second-order valence-corrected chi connectivity index (χ2v) is 5.90. The maximum atomic E-state index is 12.6. The maximum Gasteiger partial charge on any atom is 0.435 e. The molecule has 6 nitrogen and oxygen atoms in total. The summed E-state index contributed by atoms with van der Waals surface area (Å²) in [5.74, 6) is 1.16. The second-order valence-electron chi connectivity index (χ2n) is 5.90. The van der Waals surface area contributed by atoms with Crippen molar-refractivity contribution in [1.82, 2.24) is 19.9 Å². The average Bonchev–Trinajstić information content (AvgIpc) is 3.12. The van der Waals surface area contributed by atoms with E-state index in [9.17, 15) is 13.2 Å². The van der Waals surface area contributed by atoms with Gasteiger partial charge in [-0.15, -0.1) is 0 Å². The van der Waals surface area contributed by atoms with E-state index in [0.717, 1.165) is 30.3 Å². The molecule has 3 aromatic rings. The van der Waals surface area contributed by atoms with Gasteiger partial charge in [0.25, 0.3) is 0 Å². The molecule has 0 spiro atoms. The van der Waals surface area contributed by atoms with Crippen LogP contribution in [-0.2, 0) is 12.7 Å². The minimum Gasteiger partial charge on any atom is -0.334 e. The van der Waals surface area contributed by atoms with Crippen LogP contribution >= 0.6 is 0 Å². The van der Waals surface area contributed by atoms with Crippen molar-refractivity contribution in [3.63, 3.8) is 0 Å². The van der Waals surface area contributed by atoms with Crippen LogP contribution in [0.5, 0.6) is 0 Å². The predicted octanol–water partition coefficient (Wildman–Crippen LogP) is 3.76. The first-order chi connectivity index (χ1) is 12.0. The molecule has 2 heterocycles. The first-order valence-electron chi connectivity index (χ1n) is 7.79. The molecule has 0 unspecified atom stereocenters. The highest BCUT2D eigenvalue weighted by atomic mass is 19.4. The third-order valence-electron chi connectivity index (χ3n) is 3.91. The first kappa shape index (κ1) is 15.7. The van der Waals surface area contributed by atoms with E-state index in [1.54, 1.807) is 24.3 Å². The lowest BCUT2D eigenvalue weighted by Crippen LogP contribution is -2.07. The Labute approximate surface area is 140 Å². The Hall–Kier alpha value is -2.84. The van der Waals surface area contributed by atoms with E-state index >= 15 is 0 Å². The Morgan fingerprint density at radius 2 is 1.92 bits per heavy atom. The molecule has 0 atom stereocenters. The molecule has 1 aliphatic rings. The lowest BCUT2D eigenvalue weighted by atomic mass is 10.2. The van der Waals surface area contributed by atoms with Crippen LogP contribution < -0.4 is 5.32 Å². The molecule has 1 aliphatic carbocycles. The highest BCUT2D eigenvalue weighted by Crippen LogP contribution is 2.38. The molecule has 0 radical (unpaired) electrons. The Balaban J connectivity index is 1.40. The molecule has 1 N–H and O–H groups in total. The Morgan fingerprint density at radius 1 is 1.16 bits per heavy atom. The van der Waals surface area contributed by atoms with Crippen LogP contribution in [0.15, 0.2) is 41.1 Å². The van der Waals surface area contributed by atoms with E-state index in [4.69, 9.17) is 4.52 Å². The number of anilines is 1. The number of nitrogens with zero attached hydrogens (tertiary/aromatic N) is 4. The summed E-state index contributed by atoms with van der Waals surface area (Å²) in [5.41, 5.74) is 0.562. The summed E-state index contributed by atoms with van der Waals surface area (Å²) in [4.78, 5) is 4.27. The van der Waals surface area contributed by atoms with Crippen molar-refractivity contribution in [3.8, 4) is 5.69 Å². The van der Waals surface area contributed by atoms with Gasteiger partial charge in [-0.2, -0.15) is 23.3 Å². The van der Waals surface area contributed by atoms with Gasteiger partial charge in [-0.25, -0.2) is 4.68 Å². The molecule has 1 saturated carbocycles. The molecule has 2 aromatic heterocycles. The topological polar surface area (TPSA) is 68.8 Å². The minimum atomic E-state index is -4.45. The molecule has 1 aromatic carbocycles. The number of benzene rings is 1. The van der Waals surface area contributed by atoms with Crippen LogP contribution in [0.3, 0.4) is 0 Å². The average molecular weight is 349 g/mol. The van der Waals surface area contributed by atoms with E-state index in [0.29, 0.717) is 24.2 Å². The first-order valence-corrected chi connectivity index (χ1v) is 7.79. The van der Waals surface area contributed by atoms with Gasteiger partial charge in [0, 0.05) is 18.7 Å². The minimum absolute atomic E-state index is 0.368. The summed E-state index contributed by atoms with van der Waals surface area (Å²) >= 11 is 0. The van der Waals surface area contributed by atoms with Gasteiger partial charge in [0.15, 0.2) is 11.5 Å². The fraction of sp³-hybridized carbons (Fsp3) is 0.312. The van der Waals surface area contributed by atoms with Gasteiger partial charge in [-0.3, -0.25) is 0 Å². The van der Waals surface area contributed by atoms with Crippen molar-refractivity contribution < 1.29 is 17.7 Å². The zero-order valence-electron chi connectivity index (χ0n) is 13.0. The van der Waals surface area contributed by atoms with Crippen molar-refractivity contribution in [2.75, 3.05) is 5.32 Å². The molecule has 0 saturated heterocycles. The van der Waals surface area contributed by atoms with Gasteiger partial charge < -0.3 is 9.84 Å². The second kappa shape index (κ2) is 5.91. The van der Waals surface area contributed by atoms with Crippen LogP contribution in [-0.4, -0.2) is 19.9 Å². The van der Waals surface area contributed by atoms with E-state index in [1.165, 1.54) is 10.9 Å². The third kappa shape index (κ3) is 3.49. The summed E-state index contributed by atoms with van der Waals surface area (Å²) in [6.45, 7) is 0.472. The van der Waals surface area contributed by atoms with Gasteiger partial charge in [0.05, 0.1) is 5.69 Å². The third-order valence-corrected chi connectivity index (χ3v) is 3.91. The predicted molar refractivity (Wildman–Crippen MR) is 82.2 cm³/mol. The van der Waals surface area contributed by atoms with Crippen molar-refractivity contribution in [1.29, 1.82) is 0 Å². The number of alkyl halides is 3. The summed E-state index contributed by atoms with van der Waals surface area (Å²) in [6.07, 6.45) is -0.958. The number of hydrogen-bond donors (Lipinski definition) is 1. The maximum absolute atomic E-state index is 12.6. The summed E-state index contributed by atoms with van der Waals surface area (Å²) < 4.78 is 44.1. The molecule has 0 aliphatic heterocycles. The van der Waals surface area contributed by atoms with Crippen molar-refractivity contribution in [3.05, 3.63) is 53.6 Å². The molecular weight excluding hydrogens is 335 g/mol. The normalized spacial score (nSPS) is 14.7. The number of hydrogen-bond acceptors (Lipinski definition) is 5. The lowest BCUT2D eigenvalue weighted by molar-refractivity contribution is -0.141. The highest BCUT2D eigenvalue weighted by molar-refractivity contribution is 5.35. The van der Waals surface area contributed by atoms with Crippen LogP contribution in [0.2, 0.25) is 0 Å². The fourth-order valence-electron chi connectivity index (χ4n) is 2.38. The monoisotopic (exact) mass is 349 g/mol. The summed E-state index contributed by atoms with van der Waals surface area (Å²) in [6, 6.07) is 8.32. The number of halogens is 3.